The summed E-state index contributed by atoms with van der Waals surface area (Å²) in [7, 11) is 0. The van der Waals surface area contributed by atoms with Gasteiger partial charge in [-0.15, -0.1) is 12.4 Å². The Balaban J connectivity index is 0.00000289. The lowest BCUT2D eigenvalue weighted by Crippen LogP contribution is -2.34. The zero-order valence-corrected chi connectivity index (χ0v) is 11.8. The molecule has 1 aromatic rings. The van der Waals surface area contributed by atoms with Gasteiger partial charge < -0.3 is 10.5 Å². The molecule has 0 spiro atoms. The van der Waals surface area contributed by atoms with Gasteiger partial charge in [-0.3, -0.25) is 0 Å². The van der Waals surface area contributed by atoms with Crippen LogP contribution in [0.3, 0.4) is 0 Å². The molecule has 18 heavy (non-hydrogen) atoms. The maximum absolute atomic E-state index is 10.9. The quantitative estimate of drug-likeness (QED) is 0.335. The van der Waals surface area contributed by atoms with Gasteiger partial charge in [-0.05, 0) is 18.4 Å². The Morgan fingerprint density at radius 2 is 1.89 bits per heavy atom. The first-order chi connectivity index (χ1) is 8.24. The van der Waals surface area contributed by atoms with Gasteiger partial charge in [0, 0.05) is 18.1 Å². The van der Waals surface area contributed by atoms with E-state index in [1.165, 1.54) is 32.1 Å². The van der Waals surface area contributed by atoms with Crippen LogP contribution in [0.1, 0.15) is 51.0 Å². The molecule has 0 amide bonds. The smallest absolute Gasteiger partial charge is 0.176 e. The molecule has 0 aliphatic heterocycles. The van der Waals surface area contributed by atoms with Crippen LogP contribution < -0.4 is 9.67 Å². The van der Waals surface area contributed by atoms with Crippen LogP contribution in [-0.2, 0) is 6.54 Å². The molecule has 0 radical (unpaired) electrons. The van der Waals surface area contributed by atoms with Gasteiger partial charge >= 0.3 is 0 Å². The molecule has 0 aliphatic carbocycles. The fourth-order valence-corrected chi connectivity index (χ4v) is 1.87. The lowest BCUT2D eigenvalue weighted by Gasteiger charge is -2.05. The van der Waals surface area contributed by atoms with Crippen LogP contribution in [0.5, 0.6) is 0 Å². The lowest BCUT2D eigenvalue weighted by molar-refractivity contribution is -0.697. The highest BCUT2D eigenvalue weighted by atomic mass is 35.5. The van der Waals surface area contributed by atoms with Crippen molar-refractivity contribution in [1.29, 1.82) is 5.41 Å². The summed E-state index contributed by atoms with van der Waals surface area (Å²) in [6.07, 6.45) is 11.3. The minimum absolute atomic E-state index is 0. The summed E-state index contributed by atoms with van der Waals surface area (Å²) >= 11 is 0. The molecule has 0 saturated carbocycles. The van der Waals surface area contributed by atoms with E-state index in [9.17, 15) is 5.11 Å². The van der Waals surface area contributed by atoms with Crippen molar-refractivity contribution in [1.82, 2.24) is 0 Å². The fourth-order valence-electron chi connectivity index (χ4n) is 1.87. The number of hydrogen-bond donors (Lipinski definition) is 1. The van der Waals surface area contributed by atoms with E-state index in [-0.39, 0.29) is 12.4 Å². The summed E-state index contributed by atoms with van der Waals surface area (Å²) in [6.45, 7) is 3.16. The van der Waals surface area contributed by atoms with Crippen LogP contribution in [0.4, 0.5) is 0 Å². The molecule has 3 nitrogen and oxygen atoms in total. The maximum Gasteiger partial charge on any atom is 0.176 e. The maximum atomic E-state index is 10.9. The Bertz CT molecular complexity index is 355. The topological polar surface area (TPSA) is 50.8 Å². The molecule has 102 valence electrons. The Morgan fingerprint density at radius 3 is 2.56 bits per heavy atom. The van der Waals surface area contributed by atoms with Crippen LogP contribution in [-0.4, -0.2) is 5.90 Å². The van der Waals surface area contributed by atoms with E-state index in [1.54, 1.807) is 12.3 Å². The third kappa shape index (κ3) is 6.60. The molecule has 0 saturated heterocycles. The summed E-state index contributed by atoms with van der Waals surface area (Å²) in [4.78, 5) is 0. The van der Waals surface area contributed by atoms with Gasteiger partial charge in [0.2, 0.25) is 0 Å². The van der Waals surface area contributed by atoms with Crippen molar-refractivity contribution in [2.24, 2.45) is 0 Å². The molecule has 0 fully saturated rings. The van der Waals surface area contributed by atoms with Crippen LogP contribution in [0.2, 0.25) is 0 Å². The van der Waals surface area contributed by atoms with Crippen molar-refractivity contribution in [2.45, 2.75) is 52.0 Å². The summed E-state index contributed by atoms with van der Waals surface area (Å²) in [6, 6.07) is 3.52. The van der Waals surface area contributed by atoms with Gasteiger partial charge in [0.15, 0.2) is 12.4 Å². The molecule has 4 heteroatoms. The Hall–Kier alpha value is -1.09. The molecule has 0 aliphatic rings. The molecule has 1 N–H and O–H groups in total. The van der Waals surface area contributed by atoms with Crippen LogP contribution in [0.15, 0.2) is 24.5 Å². The van der Waals surface area contributed by atoms with Gasteiger partial charge in [-0.1, -0.05) is 32.6 Å². The molecule has 1 heterocycles. The highest BCUT2D eigenvalue weighted by Gasteiger charge is 2.01. The zero-order chi connectivity index (χ0) is 12.5. The molecule has 0 aromatic carbocycles. The monoisotopic (exact) mass is 270 g/mol. The SMILES string of the molecule is CCCCCCCC[n+]1cccc(C(=N)[O-])c1.Cl. The number of nitrogens with one attached hydrogen (secondary N) is 1. The highest BCUT2D eigenvalue weighted by Crippen LogP contribution is 2.04. The number of rotatable bonds is 8. The normalized spacial score (nSPS) is 9.83. The van der Waals surface area contributed by atoms with Crippen LogP contribution >= 0.6 is 12.4 Å². The summed E-state index contributed by atoms with van der Waals surface area (Å²) < 4.78 is 2.00. The van der Waals surface area contributed by atoms with Gasteiger partial charge in [-0.25, -0.2) is 4.57 Å². The number of halogens is 1. The summed E-state index contributed by atoms with van der Waals surface area (Å²) in [5.41, 5.74) is 0.471. The minimum Gasteiger partial charge on any atom is -0.859 e. The number of aromatic nitrogens is 1. The molecular weight excluding hydrogens is 248 g/mol. The molecular formula is C14H23ClN2O. The first-order valence-electron chi connectivity index (χ1n) is 6.49. The predicted octanol–water partition coefficient (Wildman–Crippen LogP) is 2.44. The average molecular weight is 271 g/mol. The first kappa shape index (κ1) is 16.9. The van der Waals surface area contributed by atoms with Crippen molar-refractivity contribution >= 4 is 18.3 Å². The average Bonchev–Trinajstić information content (AvgIpc) is 2.34. The molecule has 0 unspecified atom stereocenters. The Kier molecular flexibility index (Phi) is 9.29. The van der Waals surface area contributed by atoms with Crippen molar-refractivity contribution in [3.8, 4) is 0 Å². The predicted molar refractivity (Wildman–Crippen MR) is 74.1 cm³/mol. The van der Waals surface area contributed by atoms with Gasteiger partial charge in [0.1, 0.15) is 6.54 Å². The molecule has 0 bridgehead atoms. The summed E-state index contributed by atoms with van der Waals surface area (Å²) in [5.74, 6) is -0.609. The number of unbranched alkanes of at least 4 members (excludes halogenated alkanes) is 5. The number of nitrogens with zero attached hydrogens (tertiary/aromatic N) is 1. The van der Waals surface area contributed by atoms with Gasteiger partial charge in [-0.2, -0.15) is 0 Å². The van der Waals surface area contributed by atoms with E-state index in [1.807, 2.05) is 16.8 Å². The van der Waals surface area contributed by atoms with Crippen LogP contribution in [0.25, 0.3) is 0 Å². The van der Waals surface area contributed by atoms with Crippen molar-refractivity contribution in [3.05, 3.63) is 30.1 Å². The number of pyridine rings is 1. The Labute approximate surface area is 116 Å². The van der Waals surface area contributed by atoms with E-state index in [4.69, 9.17) is 5.41 Å². The highest BCUT2D eigenvalue weighted by molar-refractivity contribution is 5.87. The molecule has 1 rings (SSSR count). The van der Waals surface area contributed by atoms with E-state index in [2.05, 4.69) is 6.92 Å². The lowest BCUT2D eigenvalue weighted by atomic mass is 10.1. The first-order valence-corrected chi connectivity index (χ1v) is 6.49. The van der Waals surface area contributed by atoms with Crippen LogP contribution in [0, 0.1) is 5.41 Å². The van der Waals surface area contributed by atoms with Gasteiger partial charge in [0.25, 0.3) is 0 Å². The van der Waals surface area contributed by atoms with E-state index >= 15 is 0 Å². The fraction of sp³-hybridized carbons (Fsp3) is 0.571. The zero-order valence-electron chi connectivity index (χ0n) is 11.0. The minimum atomic E-state index is -0.609. The van der Waals surface area contributed by atoms with Crippen molar-refractivity contribution < 1.29 is 9.67 Å². The number of hydrogen-bond acceptors (Lipinski definition) is 2. The number of aryl methyl sites for hydroxylation is 1. The molecule has 0 atom stereocenters. The largest absolute Gasteiger partial charge is 0.859 e. The second-order valence-electron chi connectivity index (χ2n) is 4.43. The van der Waals surface area contributed by atoms with Gasteiger partial charge in [0.05, 0.1) is 0 Å². The Morgan fingerprint density at radius 1 is 1.22 bits per heavy atom. The van der Waals surface area contributed by atoms with Crippen molar-refractivity contribution in [2.75, 3.05) is 0 Å². The third-order valence-electron chi connectivity index (χ3n) is 2.89. The summed E-state index contributed by atoms with van der Waals surface area (Å²) in [5, 5.41) is 18.0. The van der Waals surface area contributed by atoms with E-state index < -0.39 is 5.90 Å². The second-order valence-corrected chi connectivity index (χ2v) is 4.43. The second kappa shape index (κ2) is 9.89. The van der Waals surface area contributed by atoms with E-state index in [0.29, 0.717) is 5.56 Å². The van der Waals surface area contributed by atoms with Crippen molar-refractivity contribution in [3.63, 3.8) is 0 Å². The standard InChI is InChI=1S/C14H22N2O.ClH/c1-2-3-4-5-6-7-10-16-11-8-9-13(12-16)14(15)17;/h8-9,11-12H,2-7,10H2,1H3,(H-,15,17);1H. The van der Waals surface area contributed by atoms with E-state index in [0.717, 1.165) is 13.0 Å². The third-order valence-corrected chi connectivity index (χ3v) is 2.89. The molecule has 1 aromatic heterocycles.